The third-order valence-electron chi connectivity index (χ3n) is 22.7. The van der Waals surface area contributed by atoms with Gasteiger partial charge in [0.2, 0.25) is 65.0 Å². The monoisotopic (exact) mass is 1800 g/mol. The number of benzene rings is 7. The Bertz CT molecular complexity index is 4860. The highest BCUT2D eigenvalue weighted by Crippen LogP contribution is 2.42. The van der Waals surface area contributed by atoms with Gasteiger partial charge in [-0.15, -0.1) is 0 Å². The quantitative estimate of drug-likeness (QED) is 0.0130. The number of carbonyl (C=O) groups is 14. The number of likely N-dealkylation sites (N-methyl/N-ethyl adjacent to an activating group) is 5. The van der Waals surface area contributed by atoms with Crippen LogP contribution in [-0.4, -0.2) is 233 Å². The molecule has 704 valence electrons. The van der Waals surface area contributed by atoms with Crippen molar-refractivity contribution in [1.82, 2.24) is 61.7 Å². The number of aliphatic carboxylic acids is 1. The van der Waals surface area contributed by atoms with Crippen LogP contribution in [0.2, 0.25) is 0 Å². The molecule has 0 aliphatic heterocycles. The Labute approximate surface area is 769 Å². The molecule has 7 aromatic carbocycles. The summed E-state index contributed by atoms with van der Waals surface area (Å²) in [4.78, 5) is 212. The van der Waals surface area contributed by atoms with E-state index >= 15 is 43.2 Å². The first-order valence-electron chi connectivity index (χ1n) is 44.4. The van der Waals surface area contributed by atoms with Crippen LogP contribution in [0.15, 0.2) is 212 Å². The number of rotatable bonds is 46. The molecule has 7 aromatic rings. The Balaban J connectivity index is 1.21. The first-order valence-corrected chi connectivity index (χ1v) is 44.4. The molecule has 0 radical (unpaired) electrons. The van der Waals surface area contributed by atoms with Crippen molar-refractivity contribution in [3.8, 4) is 0 Å². The molecule has 0 spiro atoms. The van der Waals surface area contributed by atoms with Gasteiger partial charge >= 0.3 is 18.0 Å². The summed E-state index contributed by atoms with van der Waals surface area (Å²) in [6.45, 7) is 22.5. The number of nitrogens with one attached hydrogen (secondary N) is 7. The smallest absolute Gasteiger partial charge is 0.408 e. The SMILES string of the molecule is CC(C)C[C@@H](C(=O)N(C)[C@H](C(=O)N[C@@H](Cc1ccccc1)C(=O)N[C@@H](CC(=O)OCc1ccccc1)C(=O)N(C)[C@@H](Cc1ccccc1)C(=O)N[C@@H](C)C(=O)O)C(C)C)N(C)C(=O)CNC(=O)[C@H](Cc1ccccc1)N(C)C(=O)[C@@H](NC(=O)[C@H](CC(C)C)N(C)C(=O)[C@@H](NC(=O)[C@H](C)NC(=O)OC(C)(C)C)C(C)C)[C@@H](C)OC(c1ccccc1)(c1ccccc1)c1ccccc1. The fourth-order valence-corrected chi connectivity index (χ4v) is 15.4. The Morgan fingerprint density at radius 2 is 0.763 bits per heavy atom. The van der Waals surface area contributed by atoms with Gasteiger partial charge in [-0.05, 0) is 117 Å². The van der Waals surface area contributed by atoms with Crippen molar-refractivity contribution in [3.05, 3.63) is 251 Å². The van der Waals surface area contributed by atoms with Crippen LogP contribution in [0.25, 0.3) is 0 Å². The summed E-state index contributed by atoms with van der Waals surface area (Å²) >= 11 is 0. The maximum Gasteiger partial charge on any atom is 0.408 e. The molecule has 131 heavy (non-hydrogen) atoms. The van der Waals surface area contributed by atoms with Gasteiger partial charge in [0, 0.05) is 54.5 Å². The zero-order valence-electron chi connectivity index (χ0n) is 78.7. The zero-order chi connectivity index (χ0) is 96.7. The summed E-state index contributed by atoms with van der Waals surface area (Å²) in [5.74, 6) is -13.0. The van der Waals surface area contributed by atoms with Gasteiger partial charge in [-0.3, -0.25) is 62.3 Å². The van der Waals surface area contributed by atoms with Crippen molar-refractivity contribution in [1.29, 1.82) is 0 Å². The molecule has 12 amide bonds. The van der Waals surface area contributed by atoms with Gasteiger partial charge < -0.3 is 81.0 Å². The summed E-state index contributed by atoms with van der Waals surface area (Å²) in [7, 11) is 6.86. The lowest BCUT2D eigenvalue weighted by atomic mass is 9.79. The Kier molecular flexibility index (Phi) is 39.7. The number of hydrogen-bond donors (Lipinski definition) is 8. The minimum absolute atomic E-state index is 0.0293. The summed E-state index contributed by atoms with van der Waals surface area (Å²) in [5, 5.41) is 28.8. The van der Waals surface area contributed by atoms with Crippen molar-refractivity contribution in [3.63, 3.8) is 0 Å². The third kappa shape index (κ3) is 30.5. The lowest BCUT2D eigenvalue weighted by Gasteiger charge is -2.41. The van der Waals surface area contributed by atoms with Gasteiger partial charge in [0.15, 0.2) is 0 Å². The summed E-state index contributed by atoms with van der Waals surface area (Å²) < 4.78 is 18.5. The molecule has 12 atom stereocenters. The molecule has 0 saturated heterocycles. The van der Waals surface area contributed by atoms with Crippen LogP contribution in [0, 0.1) is 23.7 Å². The second kappa shape index (κ2) is 49.6. The molecule has 0 unspecified atom stereocenters. The molecule has 7 rings (SSSR count). The van der Waals surface area contributed by atoms with Crippen LogP contribution in [0.1, 0.15) is 155 Å². The highest BCUT2D eigenvalue weighted by atomic mass is 16.6. The van der Waals surface area contributed by atoms with Gasteiger partial charge in [0.25, 0.3) is 0 Å². The number of hydrogen-bond acceptors (Lipinski definition) is 17. The molecule has 0 aliphatic carbocycles. The van der Waals surface area contributed by atoms with Crippen molar-refractivity contribution in [2.75, 3.05) is 41.8 Å². The Hall–Kier alpha value is -13.1. The summed E-state index contributed by atoms with van der Waals surface area (Å²) in [6, 6.07) is 46.9. The Morgan fingerprint density at radius 3 is 1.21 bits per heavy atom. The maximum absolute atomic E-state index is 16.4. The molecule has 8 N–H and O–H groups in total. The van der Waals surface area contributed by atoms with Gasteiger partial charge in [-0.25, -0.2) is 4.79 Å². The lowest BCUT2D eigenvalue weighted by molar-refractivity contribution is -0.151. The predicted molar refractivity (Wildman–Crippen MR) is 497 cm³/mol. The number of nitrogens with zero attached hydrogens (tertiary/aromatic N) is 5. The number of carboxylic acid groups (broad SMARTS) is 1. The average Bonchev–Trinajstić information content (AvgIpc) is 0.747. The summed E-state index contributed by atoms with van der Waals surface area (Å²) in [6.07, 6.45) is -3.38. The molecule has 0 bridgehead atoms. The van der Waals surface area contributed by atoms with Crippen LogP contribution in [0.3, 0.4) is 0 Å². The molecule has 0 aromatic heterocycles. The minimum Gasteiger partial charge on any atom is -0.480 e. The van der Waals surface area contributed by atoms with Gasteiger partial charge in [0.05, 0.1) is 19.1 Å². The maximum atomic E-state index is 16.4. The largest absolute Gasteiger partial charge is 0.480 e. The molecule has 0 aliphatic rings. The molecule has 0 saturated carbocycles. The zero-order valence-corrected chi connectivity index (χ0v) is 78.7. The van der Waals surface area contributed by atoms with E-state index in [4.69, 9.17) is 14.2 Å². The van der Waals surface area contributed by atoms with Gasteiger partial charge in [-0.2, -0.15) is 0 Å². The van der Waals surface area contributed by atoms with E-state index in [0.717, 1.165) is 4.90 Å². The molecule has 30 heteroatoms. The highest BCUT2D eigenvalue weighted by molar-refractivity contribution is 6.00. The fraction of sp³-hybridized carbons (Fsp3) is 0.446. The molecular weight excluding hydrogens is 1670 g/mol. The average molecular weight is 1800 g/mol. The van der Waals surface area contributed by atoms with E-state index in [9.17, 15) is 29.1 Å². The molecule has 0 fully saturated rings. The first kappa shape index (κ1) is 105. The number of alkyl carbamates (subject to hydrolysis) is 1. The van der Waals surface area contributed by atoms with Crippen LogP contribution >= 0.6 is 0 Å². The number of amides is 12. The second-order valence-corrected chi connectivity index (χ2v) is 35.8. The normalized spacial score (nSPS) is 14.3. The van der Waals surface area contributed by atoms with Crippen LogP contribution in [0.5, 0.6) is 0 Å². The van der Waals surface area contributed by atoms with E-state index in [2.05, 4.69) is 37.2 Å². The standard InChI is InChI=1S/C101H132N12O18/c1-63(2)55-79(111(17)96(124)85(65(5)6)107-88(116)67(9)104-99(128)131-100(12,13)14)92(120)108-86(69(11)130-101(74-49-35-24-36-50-74,75-51-37-25-38-52-75)76-53-39-26-40-54-76)97(125)112(18)80(58-71-43-29-21-30-44-71)90(118)102-61-83(114)109(15)82(56-64(3)4)95(123)113(19)87(66(7)8)93(121)105-77(57-70-41-27-20-28-42-70)89(117)106-78(60-84(115)129-62-73-47-33-23-34-48-73)94(122)110(16)81(59-72-45-31-22-32-46-72)91(119)103-68(10)98(126)127/h20-54,63-69,77-82,85-87H,55-62H2,1-19H3,(H,102,118)(H,103,119)(H,104,128)(H,105,121)(H,106,117)(H,107,116)(H,108,120)(H,126,127)/t67-,68-,69+,77-,78-,79-,80-,81-,82-,85-,86-,87-/m0/s1. The van der Waals surface area contributed by atoms with E-state index in [1.165, 1.54) is 68.7 Å². The van der Waals surface area contributed by atoms with Crippen molar-refractivity contribution >= 4 is 83.0 Å². The number of ether oxygens (including phenoxy) is 3. The second-order valence-electron chi connectivity index (χ2n) is 35.8. The third-order valence-corrected chi connectivity index (χ3v) is 22.7. The highest BCUT2D eigenvalue weighted by Gasteiger charge is 2.47. The first-order chi connectivity index (χ1) is 61.9. The van der Waals surface area contributed by atoms with Crippen LogP contribution in [0.4, 0.5) is 4.79 Å². The van der Waals surface area contributed by atoms with E-state index in [1.807, 2.05) is 119 Å². The van der Waals surface area contributed by atoms with E-state index in [1.54, 1.807) is 177 Å². The minimum atomic E-state index is -1.77. The van der Waals surface area contributed by atoms with Gasteiger partial charge in [-0.1, -0.05) is 268 Å². The van der Waals surface area contributed by atoms with E-state index in [0.29, 0.717) is 38.9 Å². The summed E-state index contributed by atoms with van der Waals surface area (Å²) in [5.41, 5.74) is 1.85. The van der Waals surface area contributed by atoms with Crippen molar-refractivity contribution < 1.29 is 86.4 Å². The number of esters is 1. The molecular formula is C101H132N12O18. The Morgan fingerprint density at radius 1 is 0.366 bits per heavy atom. The predicted octanol–water partition coefficient (Wildman–Crippen LogP) is 9.34. The van der Waals surface area contributed by atoms with Crippen LogP contribution in [-0.2, 0) is 108 Å². The van der Waals surface area contributed by atoms with Gasteiger partial charge in [0.1, 0.15) is 84.3 Å². The van der Waals surface area contributed by atoms with Crippen molar-refractivity contribution in [2.24, 2.45) is 23.7 Å². The number of carboxylic acids is 1. The fourth-order valence-electron chi connectivity index (χ4n) is 15.4. The number of carbonyl (C=O) groups excluding carboxylic acids is 13. The molecule has 0 heterocycles. The van der Waals surface area contributed by atoms with Crippen LogP contribution < -0.4 is 37.2 Å². The van der Waals surface area contributed by atoms with Crippen molar-refractivity contribution in [2.45, 2.75) is 226 Å². The molecule has 30 nitrogen and oxygen atoms in total. The van der Waals surface area contributed by atoms with E-state index < -0.39 is 192 Å². The topological polar surface area (TPSA) is 387 Å². The van der Waals surface area contributed by atoms with E-state index in [-0.39, 0.29) is 50.5 Å². The lowest BCUT2D eigenvalue weighted by Crippen LogP contribution is -2.63.